The highest BCUT2D eigenvalue weighted by molar-refractivity contribution is 5.72. The van der Waals surface area contributed by atoms with E-state index in [1.54, 1.807) is 0 Å². The van der Waals surface area contributed by atoms with Crippen molar-refractivity contribution in [2.45, 2.75) is 27.2 Å². The highest BCUT2D eigenvalue weighted by Crippen LogP contribution is 2.34. The Hall–Kier alpha value is -1.04. The first kappa shape index (κ1) is 10.0. The first-order valence-corrected chi connectivity index (χ1v) is 5.06. The van der Waals surface area contributed by atoms with E-state index < -0.39 is 0 Å². The third-order valence-electron chi connectivity index (χ3n) is 2.48. The van der Waals surface area contributed by atoms with Crippen LogP contribution in [0.4, 0.5) is 0 Å². The van der Waals surface area contributed by atoms with Gasteiger partial charge in [-0.05, 0) is 29.0 Å². The zero-order valence-corrected chi connectivity index (χ0v) is 8.80. The lowest BCUT2D eigenvalue weighted by Gasteiger charge is -2.00. The van der Waals surface area contributed by atoms with Crippen molar-refractivity contribution < 1.29 is 0 Å². The maximum atomic E-state index is 4.08. The first-order chi connectivity index (χ1) is 6.29. The Balaban J connectivity index is 0.000000396. The Morgan fingerprint density at radius 2 is 1.85 bits per heavy atom. The van der Waals surface area contributed by atoms with E-state index in [9.17, 15) is 0 Å². The molecule has 0 saturated heterocycles. The predicted molar refractivity (Wildman–Crippen MR) is 59.7 cm³/mol. The minimum absolute atomic E-state index is 0.646. The van der Waals surface area contributed by atoms with Crippen molar-refractivity contribution in [2.24, 2.45) is 5.92 Å². The number of hydrogen-bond acceptors (Lipinski definition) is 0. The SMILES string of the molecule is C=C1c2ccccc2CC1C.CC. The molecular formula is C13H18. The van der Waals surface area contributed by atoms with Crippen LogP contribution in [0.3, 0.4) is 0 Å². The lowest BCUT2D eigenvalue weighted by molar-refractivity contribution is 0.782. The lowest BCUT2D eigenvalue weighted by Crippen LogP contribution is -1.87. The van der Waals surface area contributed by atoms with Crippen LogP contribution in [-0.4, -0.2) is 0 Å². The third-order valence-corrected chi connectivity index (χ3v) is 2.48. The van der Waals surface area contributed by atoms with Crippen molar-refractivity contribution in [1.82, 2.24) is 0 Å². The number of allylic oxidation sites excluding steroid dienone is 1. The van der Waals surface area contributed by atoms with Gasteiger partial charge in [0.15, 0.2) is 0 Å². The molecule has 0 nitrogen and oxygen atoms in total. The van der Waals surface area contributed by atoms with Gasteiger partial charge in [0, 0.05) is 0 Å². The largest absolute Gasteiger partial charge is 0.0949 e. The number of rotatable bonds is 0. The van der Waals surface area contributed by atoms with E-state index in [0.29, 0.717) is 5.92 Å². The van der Waals surface area contributed by atoms with E-state index in [4.69, 9.17) is 0 Å². The summed E-state index contributed by atoms with van der Waals surface area (Å²) in [5, 5.41) is 0. The van der Waals surface area contributed by atoms with Gasteiger partial charge in [0.1, 0.15) is 0 Å². The van der Waals surface area contributed by atoms with Crippen LogP contribution in [0.5, 0.6) is 0 Å². The predicted octanol–water partition coefficient (Wildman–Crippen LogP) is 3.92. The summed E-state index contributed by atoms with van der Waals surface area (Å²) in [6.07, 6.45) is 1.18. The molecule has 0 fully saturated rings. The van der Waals surface area contributed by atoms with Crippen LogP contribution >= 0.6 is 0 Å². The summed E-state index contributed by atoms with van der Waals surface area (Å²) in [6, 6.07) is 8.55. The minimum Gasteiger partial charge on any atom is -0.0949 e. The second-order valence-corrected chi connectivity index (χ2v) is 3.29. The van der Waals surface area contributed by atoms with E-state index in [2.05, 4.69) is 37.8 Å². The Morgan fingerprint density at radius 1 is 1.23 bits per heavy atom. The van der Waals surface area contributed by atoms with Gasteiger partial charge in [-0.1, -0.05) is 51.6 Å². The Bertz CT molecular complexity index is 297. The van der Waals surface area contributed by atoms with Gasteiger partial charge in [-0.25, -0.2) is 0 Å². The molecule has 1 aliphatic rings. The normalized spacial score (nSPS) is 19.0. The summed E-state index contributed by atoms with van der Waals surface area (Å²) >= 11 is 0. The van der Waals surface area contributed by atoms with Crippen molar-refractivity contribution in [1.29, 1.82) is 0 Å². The van der Waals surface area contributed by atoms with E-state index in [0.717, 1.165) is 0 Å². The fourth-order valence-corrected chi connectivity index (χ4v) is 1.73. The van der Waals surface area contributed by atoms with Crippen LogP contribution in [0.15, 0.2) is 30.8 Å². The van der Waals surface area contributed by atoms with Crippen LogP contribution in [0.2, 0.25) is 0 Å². The van der Waals surface area contributed by atoms with Crippen molar-refractivity contribution in [3.8, 4) is 0 Å². The summed E-state index contributed by atoms with van der Waals surface area (Å²) in [4.78, 5) is 0. The second kappa shape index (κ2) is 4.27. The molecule has 1 aromatic carbocycles. The molecule has 70 valence electrons. The van der Waals surface area contributed by atoms with Gasteiger partial charge in [0.2, 0.25) is 0 Å². The van der Waals surface area contributed by atoms with Gasteiger partial charge in [0.05, 0.1) is 0 Å². The molecule has 1 aliphatic carbocycles. The van der Waals surface area contributed by atoms with Crippen molar-refractivity contribution >= 4 is 5.57 Å². The quantitative estimate of drug-likeness (QED) is 0.559. The maximum absolute atomic E-state index is 4.08. The highest BCUT2D eigenvalue weighted by atomic mass is 14.2. The van der Waals surface area contributed by atoms with E-state index in [-0.39, 0.29) is 0 Å². The summed E-state index contributed by atoms with van der Waals surface area (Å²) in [5.74, 6) is 0.646. The molecule has 13 heavy (non-hydrogen) atoms. The second-order valence-electron chi connectivity index (χ2n) is 3.29. The Labute approximate surface area is 81.3 Å². The molecule has 1 aromatic rings. The zero-order valence-electron chi connectivity index (χ0n) is 8.80. The van der Waals surface area contributed by atoms with Gasteiger partial charge in [-0.2, -0.15) is 0 Å². The van der Waals surface area contributed by atoms with Gasteiger partial charge in [-0.15, -0.1) is 0 Å². The fraction of sp³-hybridized carbons (Fsp3) is 0.385. The van der Waals surface area contributed by atoms with Crippen molar-refractivity contribution in [3.63, 3.8) is 0 Å². The third kappa shape index (κ3) is 1.82. The summed E-state index contributed by atoms with van der Waals surface area (Å²) in [7, 11) is 0. The molecule has 0 heteroatoms. The molecule has 0 N–H and O–H groups in total. The molecule has 1 atom stereocenters. The van der Waals surface area contributed by atoms with Crippen LogP contribution < -0.4 is 0 Å². The molecule has 0 radical (unpaired) electrons. The molecule has 0 heterocycles. The Morgan fingerprint density at radius 3 is 2.46 bits per heavy atom. The van der Waals surface area contributed by atoms with Gasteiger partial charge >= 0.3 is 0 Å². The average Bonchev–Trinajstić information content (AvgIpc) is 2.47. The number of benzene rings is 1. The van der Waals surface area contributed by atoms with Crippen LogP contribution in [0.1, 0.15) is 31.9 Å². The monoisotopic (exact) mass is 174 g/mol. The summed E-state index contributed by atoms with van der Waals surface area (Å²) < 4.78 is 0. The van der Waals surface area contributed by atoms with Crippen LogP contribution in [0, 0.1) is 5.92 Å². The van der Waals surface area contributed by atoms with Gasteiger partial charge in [0.25, 0.3) is 0 Å². The average molecular weight is 174 g/mol. The number of fused-ring (bicyclic) bond motifs is 1. The summed E-state index contributed by atoms with van der Waals surface area (Å²) in [6.45, 7) is 10.3. The topological polar surface area (TPSA) is 0 Å². The first-order valence-electron chi connectivity index (χ1n) is 5.06. The standard InChI is InChI=1S/C11H12.C2H6/c1-8-7-10-5-3-4-6-11(10)9(8)2;1-2/h3-6,8H,2,7H2,1H3;1-2H3. The molecule has 1 unspecified atom stereocenters. The Kier molecular flexibility index (Phi) is 3.30. The maximum Gasteiger partial charge on any atom is -0.0150 e. The molecule has 0 aliphatic heterocycles. The van der Waals surface area contributed by atoms with Crippen molar-refractivity contribution in [2.75, 3.05) is 0 Å². The smallest absolute Gasteiger partial charge is 0.0150 e. The van der Waals surface area contributed by atoms with E-state index in [1.165, 1.54) is 23.1 Å². The molecule has 0 amide bonds. The molecular weight excluding hydrogens is 156 g/mol. The lowest BCUT2D eigenvalue weighted by atomic mass is 10.0. The highest BCUT2D eigenvalue weighted by Gasteiger charge is 2.20. The van der Waals surface area contributed by atoms with E-state index >= 15 is 0 Å². The molecule has 0 saturated carbocycles. The van der Waals surface area contributed by atoms with Crippen molar-refractivity contribution in [3.05, 3.63) is 42.0 Å². The molecule has 2 rings (SSSR count). The van der Waals surface area contributed by atoms with Gasteiger partial charge < -0.3 is 0 Å². The minimum atomic E-state index is 0.646. The van der Waals surface area contributed by atoms with Crippen LogP contribution in [-0.2, 0) is 6.42 Å². The summed E-state index contributed by atoms with van der Waals surface area (Å²) in [5.41, 5.74) is 4.14. The zero-order chi connectivity index (χ0) is 9.84. The van der Waals surface area contributed by atoms with Gasteiger partial charge in [-0.3, -0.25) is 0 Å². The fourth-order valence-electron chi connectivity index (χ4n) is 1.73. The molecule has 0 aromatic heterocycles. The van der Waals surface area contributed by atoms with Crippen LogP contribution in [0.25, 0.3) is 5.57 Å². The number of hydrogen-bond donors (Lipinski definition) is 0. The van der Waals surface area contributed by atoms with E-state index in [1.807, 2.05) is 13.8 Å². The molecule has 0 spiro atoms. The molecule has 0 bridgehead atoms.